The van der Waals surface area contributed by atoms with Gasteiger partial charge in [-0.15, -0.1) is 0 Å². The van der Waals surface area contributed by atoms with Crippen molar-refractivity contribution in [3.63, 3.8) is 0 Å². The molecule has 0 aromatic carbocycles. The minimum Gasteiger partial charge on any atom is -0.479 e. The Kier molecular flexibility index (Phi) is 6.42. The number of carbonyl (C=O) groups excluding carboxylic acids is 1. The topological polar surface area (TPSA) is 90.3 Å². The van der Waals surface area contributed by atoms with E-state index in [9.17, 15) is 19.8 Å². The molecule has 2 N–H and O–H groups in total. The summed E-state index contributed by atoms with van der Waals surface area (Å²) in [5.74, 6) is -0.943. The maximum atomic E-state index is 12.5. The molecule has 0 saturated carbocycles. The smallest absolute Gasteiger partial charge is 0.329 e. The molecular weight excluding hydrogens is 276 g/mol. The van der Waals surface area contributed by atoms with E-state index < -0.39 is 17.6 Å². The molecule has 7 nitrogen and oxygen atoms in total. The van der Waals surface area contributed by atoms with Crippen LogP contribution < -0.4 is 0 Å². The first-order chi connectivity index (χ1) is 9.89. The number of likely N-dealkylation sites (tertiary alicyclic amines) is 1. The van der Waals surface area contributed by atoms with Crippen LogP contribution in [0.25, 0.3) is 0 Å². The molecule has 122 valence electrons. The number of aliphatic carboxylic acids is 1. The van der Waals surface area contributed by atoms with Gasteiger partial charge in [0.05, 0.1) is 19.3 Å². The van der Waals surface area contributed by atoms with Gasteiger partial charge in [-0.2, -0.15) is 0 Å². The SMILES string of the molecule is CCCC1(C(=O)O)CCCN1C(=O)N(C)CC(O)COC. The zero-order valence-corrected chi connectivity index (χ0v) is 13.0. The fourth-order valence-corrected chi connectivity index (χ4v) is 3.01. The van der Waals surface area contributed by atoms with Gasteiger partial charge in [0.15, 0.2) is 0 Å². The Bertz CT molecular complexity index is 376. The number of hydrogen-bond donors (Lipinski definition) is 2. The molecule has 0 radical (unpaired) electrons. The lowest BCUT2D eigenvalue weighted by molar-refractivity contribution is -0.148. The molecule has 1 aliphatic rings. The van der Waals surface area contributed by atoms with Crippen LogP contribution in [-0.4, -0.2) is 77.5 Å². The van der Waals surface area contributed by atoms with E-state index >= 15 is 0 Å². The first-order valence-electron chi connectivity index (χ1n) is 7.32. The van der Waals surface area contributed by atoms with Crippen LogP contribution >= 0.6 is 0 Å². The first-order valence-corrected chi connectivity index (χ1v) is 7.32. The molecule has 1 aliphatic heterocycles. The van der Waals surface area contributed by atoms with Gasteiger partial charge in [0, 0.05) is 20.7 Å². The highest BCUT2D eigenvalue weighted by Crippen LogP contribution is 2.34. The van der Waals surface area contributed by atoms with E-state index in [1.165, 1.54) is 16.9 Å². The predicted octanol–water partition coefficient (Wildman–Crippen LogP) is 0.765. The molecule has 1 heterocycles. The number of aliphatic hydroxyl groups excluding tert-OH is 1. The summed E-state index contributed by atoms with van der Waals surface area (Å²) >= 11 is 0. The van der Waals surface area contributed by atoms with E-state index in [0.717, 1.165) is 0 Å². The number of carboxylic acids is 1. The number of urea groups is 1. The molecule has 0 aromatic rings. The Morgan fingerprint density at radius 1 is 1.48 bits per heavy atom. The van der Waals surface area contributed by atoms with Gasteiger partial charge in [0.2, 0.25) is 0 Å². The Morgan fingerprint density at radius 3 is 2.67 bits per heavy atom. The number of rotatable bonds is 7. The lowest BCUT2D eigenvalue weighted by Gasteiger charge is -2.37. The van der Waals surface area contributed by atoms with Crippen LogP contribution in [0, 0.1) is 0 Å². The summed E-state index contributed by atoms with van der Waals surface area (Å²) in [4.78, 5) is 27.0. The molecule has 2 atom stereocenters. The van der Waals surface area contributed by atoms with E-state index in [0.29, 0.717) is 32.2 Å². The fourth-order valence-electron chi connectivity index (χ4n) is 3.01. The molecule has 0 spiro atoms. The largest absolute Gasteiger partial charge is 0.479 e. The van der Waals surface area contributed by atoms with Crippen LogP contribution in [0.15, 0.2) is 0 Å². The number of ether oxygens (including phenoxy) is 1. The van der Waals surface area contributed by atoms with Crippen LogP contribution in [0.4, 0.5) is 4.79 Å². The number of amides is 2. The van der Waals surface area contributed by atoms with Crippen molar-refractivity contribution in [2.24, 2.45) is 0 Å². The van der Waals surface area contributed by atoms with Gasteiger partial charge in [0.25, 0.3) is 0 Å². The van der Waals surface area contributed by atoms with Crippen molar-refractivity contribution in [2.75, 3.05) is 33.9 Å². The molecule has 2 amide bonds. The molecule has 0 aliphatic carbocycles. The quantitative estimate of drug-likeness (QED) is 0.725. The fraction of sp³-hybridized carbons (Fsp3) is 0.857. The summed E-state index contributed by atoms with van der Waals surface area (Å²) < 4.78 is 4.83. The minimum absolute atomic E-state index is 0.116. The average Bonchev–Trinajstić information content (AvgIpc) is 2.83. The van der Waals surface area contributed by atoms with Gasteiger partial charge >= 0.3 is 12.0 Å². The second-order valence-electron chi connectivity index (χ2n) is 5.61. The van der Waals surface area contributed by atoms with Crippen molar-refractivity contribution in [3.05, 3.63) is 0 Å². The molecule has 21 heavy (non-hydrogen) atoms. The van der Waals surface area contributed by atoms with E-state index in [2.05, 4.69) is 0 Å². The number of hydrogen-bond acceptors (Lipinski definition) is 4. The molecule has 1 saturated heterocycles. The average molecular weight is 302 g/mol. The van der Waals surface area contributed by atoms with Crippen molar-refractivity contribution in [1.29, 1.82) is 0 Å². The highest BCUT2D eigenvalue weighted by atomic mass is 16.5. The first kappa shape index (κ1) is 17.7. The Hall–Kier alpha value is -1.34. The standard InChI is InChI=1S/C14H26N2O5/c1-4-6-14(12(18)19)7-5-8-16(14)13(20)15(2)9-11(17)10-21-3/h11,17H,4-10H2,1-3H3,(H,18,19). The van der Waals surface area contributed by atoms with Crippen molar-refractivity contribution < 1.29 is 24.5 Å². The third-order valence-corrected chi connectivity index (χ3v) is 3.95. The van der Waals surface area contributed by atoms with Crippen LogP contribution in [0.5, 0.6) is 0 Å². The Balaban J connectivity index is 2.81. The van der Waals surface area contributed by atoms with Crippen LogP contribution in [-0.2, 0) is 9.53 Å². The molecule has 0 aromatic heterocycles. The van der Waals surface area contributed by atoms with Crippen LogP contribution in [0.3, 0.4) is 0 Å². The van der Waals surface area contributed by atoms with Crippen molar-refractivity contribution in [2.45, 2.75) is 44.2 Å². The molecule has 1 fully saturated rings. The molecule has 0 bridgehead atoms. The normalized spacial score (nSPS) is 23.1. The molecule has 1 rings (SSSR count). The predicted molar refractivity (Wildman–Crippen MR) is 77.1 cm³/mol. The summed E-state index contributed by atoms with van der Waals surface area (Å²) in [7, 11) is 3.04. The summed E-state index contributed by atoms with van der Waals surface area (Å²) in [5, 5.41) is 19.3. The zero-order chi connectivity index (χ0) is 16.0. The van der Waals surface area contributed by atoms with Crippen molar-refractivity contribution >= 4 is 12.0 Å². The number of carbonyl (C=O) groups is 2. The van der Waals surface area contributed by atoms with E-state index in [4.69, 9.17) is 4.74 Å². The summed E-state index contributed by atoms with van der Waals surface area (Å²) in [5.41, 5.74) is -1.10. The summed E-state index contributed by atoms with van der Waals surface area (Å²) in [6.07, 6.45) is 1.54. The van der Waals surface area contributed by atoms with E-state index in [1.807, 2.05) is 6.92 Å². The van der Waals surface area contributed by atoms with Crippen molar-refractivity contribution in [1.82, 2.24) is 9.80 Å². The molecule has 2 unspecified atom stereocenters. The number of aliphatic hydroxyl groups is 1. The van der Waals surface area contributed by atoms with Crippen LogP contribution in [0.1, 0.15) is 32.6 Å². The number of likely N-dealkylation sites (N-methyl/N-ethyl adjacent to an activating group) is 1. The Morgan fingerprint density at radius 2 is 2.14 bits per heavy atom. The van der Waals surface area contributed by atoms with Gasteiger partial charge < -0.3 is 24.7 Å². The summed E-state index contributed by atoms with van der Waals surface area (Å²) in [6.45, 7) is 2.61. The van der Waals surface area contributed by atoms with Gasteiger partial charge in [-0.3, -0.25) is 0 Å². The lowest BCUT2D eigenvalue weighted by atomic mass is 9.91. The maximum Gasteiger partial charge on any atom is 0.329 e. The lowest BCUT2D eigenvalue weighted by Crippen LogP contribution is -2.57. The maximum absolute atomic E-state index is 12.5. The third-order valence-electron chi connectivity index (χ3n) is 3.95. The molecular formula is C14H26N2O5. The van der Waals surface area contributed by atoms with Crippen molar-refractivity contribution in [3.8, 4) is 0 Å². The number of nitrogens with zero attached hydrogens (tertiary/aromatic N) is 2. The van der Waals surface area contributed by atoms with Gasteiger partial charge in [-0.05, 0) is 19.3 Å². The van der Waals surface area contributed by atoms with E-state index in [-0.39, 0.29) is 19.2 Å². The van der Waals surface area contributed by atoms with Gasteiger partial charge in [-0.1, -0.05) is 13.3 Å². The van der Waals surface area contributed by atoms with E-state index in [1.54, 1.807) is 7.05 Å². The third kappa shape index (κ3) is 3.85. The Labute approximate surface area is 125 Å². The second kappa shape index (κ2) is 7.61. The number of methoxy groups -OCH3 is 1. The highest BCUT2D eigenvalue weighted by Gasteiger charge is 2.49. The minimum atomic E-state index is -1.10. The van der Waals surface area contributed by atoms with Crippen LogP contribution in [0.2, 0.25) is 0 Å². The van der Waals surface area contributed by atoms with Gasteiger partial charge in [-0.25, -0.2) is 9.59 Å². The second-order valence-corrected chi connectivity index (χ2v) is 5.61. The summed E-state index contributed by atoms with van der Waals surface area (Å²) in [6, 6.07) is -0.349. The zero-order valence-electron chi connectivity index (χ0n) is 13.0. The highest BCUT2D eigenvalue weighted by molar-refractivity contribution is 5.87. The monoisotopic (exact) mass is 302 g/mol. The van der Waals surface area contributed by atoms with Gasteiger partial charge in [0.1, 0.15) is 5.54 Å². The number of carboxylic acid groups (broad SMARTS) is 1. The molecule has 7 heteroatoms.